The van der Waals surface area contributed by atoms with Gasteiger partial charge in [-0.05, 0) is 6.92 Å². The van der Waals surface area contributed by atoms with E-state index in [0.717, 1.165) is 0 Å². The van der Waals surface area contributed by atoms with Crippen molar-refractivity contribution in [1.82, 2.24) is 5.32 Å². The van der Waals surface area contributed by atoms with Crippen LogP contribution < -0.4 is 5.32 Å². The van der Waals surface area contributed by atoms with E-state index in [1.165, 1.54) is 6.92 Å². The number of ether oxygens (including phenoxy) is 2. The van der Waals surface area contributed by atoms with Gasteiger partial charge in [0.1, 0.15) is 5.70 Å². The van der Waals surface area contributed by atoms with Crippen LogP contribution in [0.4, 0.5) is 0 Å². The molecule has 0 fully saturated rings. The van der Waals surface area contributed by atoms with Gasteiger partial charge in [-0.1, -0.05) is 36.9 Å². The number of hydrogen-bond donors (Lipinski definition) is 1. The molecule has 0 saturated heterocycles. The van der Waals surface area contributed by atoms with E-state index in [4.69, 9.17) is 9.47 Å². The minimum Gasteiger partial charge on any atom is -0.463 e. The first-order valence-corrected chi connectivity index (χ1v) is 6.34. The smallest absolute Gasteiger partial charge is 0.355 e. The van der Waals surface area contributed by atoms with Crippen molar-refractivity contribution >= 4 is 17.8 Å². The van der Waals surface area contributed by atoms with Crippen molar-refractivity contribution in [2.24, 2.45) is 0 Å². The van der Waals surface area contributed by atoms with Crippen LogP contribution in [0.15, 0.2) is 42.6 Å². The Bertz CT molecular complexity index is 538. The third-order valence-electron chi connectivity index (χ3n) is 2.40. The molecule has 6 nitrogen and oxygen atoms in total. The second-order valence-corrected chi connectivity index (χ2v) is 4.11. The topological polar surface area (TPSA) is 81.7 Å². The molecule has 1 atom stereocenters. The van der Waals surface area contributed by atoms with Crippen LogP contribution in [0.3, 0.4) is 0 Å². The molecule has 21 heavy (non-hydrogen) atoms. The van der Waals surface area contributed by atoms with E-state index in [-0.39, 0.29) is 12.3 Å². The predicted molar refractivity (Wildman–Crippen MR) is 74.9 cm³/mol. The monoisotopic (exact) mass is 291 g/mol. The molecule has 0 saturated carbocycles. The van der Waals surface area contributed by atoms with Gasteiger partial charge in [0.05, 0.1) is 6.61 Å². The summed E-state index contributed by atoms with van der Waals surface area (Å²) in [5.41, 5.74) is 0.229. The van der Waals surface area contributed by atoms with Crippen molar-refractivity contribution in [2.75, 3.05) is 6.61 Å². The molecular weight excluding hydrogens is 274 g/mol. The van der Waals surface area contributed by atoms with Crippen LogP contribution in [-0.4, -0.2) is 24.5 Å². The fourth-order valence-corrected chi connectivity index (χ4v) is 1.54. The van der Waals surface area contributed by atoms with Gasteiger partial charge < -0.3 is 14.8 Å². The summed E-state index contributed by atoms with van der Waals surface area (Å²) in [6.45, 7) is 6.43. The molecule has 1 aromatic rings. The van der Waals surface area contributed by atoms with Gasteiger partial charge in [-0.3, -0.25) is 4.79 Å². The van der Waals surface area contributed by atoms with Gasteiger partial charge in [-0.25, -0.2) is 9.59 Å². The van der Waals surface area contributed by atoms with Crippen LogP contribution in [0.1, 0.15) is 25.5 Å². The van der Waals surface area contributed by atoms with Crippen molar-refractivity contribution in [3.8, 4) is 0 Å². The fraction of sp³-hybridized carbons (Fsp3) is 0.267. The van der Waals surface area contributed by atoms with E-state index in [9.17, 15) is 14.4 Å². The molecule has 0 aliphatic rings. The molecule has 1 N–H and O–H groups in total. The lowest BCUT2D eigenvalue weighted by molar-refractivity contribution is -0.166. The van der Waals surface area contributed by atoms with Gasteiger partial charge in [0.25, 0.3) is 0 Å². The fourth-order valence-electron chi connectivity index (χ4n) is 1.54. The second-order valence-electron chi connectivity index (χ2n) is 4.11. The number of esters is 2. The van der Waals surface area contributed by atoms with Crippen LogP contribution >= 0.6 is 0 Å². The molecule has 0 unspecified atom stereocenters. The van der Waals surface area contributed by atoms with Crippen LogP contribution in [0, 0.1) is 0 Å². The summed E-state index contributed by atoms with van der Waals surface area (Å²) in [4.78, 5) is 34.6. The zero-order valence-electron chi connectivity index (χ0n) is 11.9. The molecule has 1 amide bonds. The number of hydrogen-bond acceptors (Lipinski definition) is 5. The first kappa shape index (κ1) is 16.4. The summed E-state index contributed by atoms with van der Waals surface area (Å²) >= 11 is 0. The molecule has 1 aromatic carbocycles. The molecule has 6 heteroatoms. The Morgan fingerprint density at radius 2 is 1.86 bits per heavy atom. The first-order chi connectivity index (χ1) is 9.95. The second kappa shape index (κ2) is 7.84. The van der Waals surface area contributed by atoms with E-state index in [1.807, 2.05) is 0 Å². The largest absolute Gasteiger partial charge is 0.463 e. The minimum atomic E-state index is -1.20. The molecule has 0 bridgehead atoms. The molecule has 0 aromatic heterocycles. The average Bonchev–Trinajstić information content (AvgIpc) is 2.44. The van der Waals surface area contributed by atoms with E-state index < -0.39 is 23.9 Å². The Kier molecular flexibility index (Phi) is 6.13. The maximum Gasteiger partial charge on any atom is 0.355 e. The van der Waals surface area contributed by atoms with Gasteiger partial charge >= 0.3 is 11.9 Å². The van der Waals surface area contributed by atoms with E-state index in [0.29, 0.717) is 5.56 Å². The van der Waals surface area contributed by atoms with Gasteiger partial charge in [0.15, 0.2) is 0 Å². The highest BCUT2D eigenvalue weighted by Gasteiger charge is 2.27. The third kappa shape index (κ3) is 5.10. The van der Waals surface area contributed by atoms with Crippen molar-refractivity contribution < 1.29 is 23.9 Å². The lowest BCUT2D eigenvalue weighted by Crippen LogP contribution is -2.29. The summed E-state index contributed by atoms with van der Waals surface area (Å²) in [7, 11) is 0. The molecule has 0 heterocycles. The Balaban J connectivity index is 2.88. The Morgan fingerprint density at radius 3 is 2.38 bits per heavy atom. The lowest BCUT2D eigenvalue weighted by Gasteiger charge is -2.17. The lowest BCUT2D eigenvalue weighted by atomic mass is 10.1. The van der Waals surface area contributed by atoms with Crippen molar-refractivity contribution in [1.29, 1.82) is 0 Å². The number of carbonyl (C=O) groups is 3. The molecule has 0 aliphatic heterocycles. The summed E-state index contributed by atoms with van der Waals surface area (Å²) in [6, 6.07) is 8.45. The summed E-state index contributed by atoms with van der Waals surface area (Å²) in [6.07, 6.45) is -1.20. The van der Waals surface area contributed by atoms with Crippen molar-refractivity contribution in [3.63, 3.8) is 0 Å². The van der Waals surface area contributed by atoms with Crippen LogP contribution in [0.25, 0.3) is 0 Å². The maximum absolute atomic E-state index is 11.9. The zero-order valence-corrected chi connectivity index (χ0v) is 11.9. The number of rotatable bonds is 6. The van der Waals surface area contributed by atoms with Crippen molar-refractivity contribution in [3.05, 3.63) is 48.2 Å². The van der Waals surface area contributed by atoms with Crippen LogP contribution in [0.5, 0.6) is 0 Å². The first-order valence-electron chi connectivity index (χ1n) is 6.34. The van der Waals surface area contributed by atoms with Gasteiger partial charge in [-0.2, -0.15) is 0 Å². The summed E-state index contributed by atoms with van der Waals surface area (Å²) in [5, 5.41) is 2.21. The molecule has 1 rings (SSSR count). The number of amides is 1. The molecule has 0 spiro atoms. The summed E-state index contributed by atoms with van der Waals surface area (Å²) < 4.78 is 9.97. The highest BCUT2D eigenvalue weighted by Crippen LogP contribution is 2.20. The Morgan fingerprint density at radius 1 is 1.24 bits per heavy atom. The average molecular weight is 291 g/mol. The van der Waals surface area contributed by atoms with Crippen LogP contribution in [0.2, 0.25) is 0 Å². The van der Waals surface area contributed by atoms with Gasteiger partial charge in [-0.15, -0.1) is 0 Å². The maximum atomic E-state index is 11.9. The van der Waals surface area contributed by atoms with Gasteiger partial charge in [0, 0.05) is 12.5 Å². The van der Waals surface area contributed by atoms with E-state index in [2.05, 4.69) is 11.9 Å². The number of carbonyl (C=O) groups excluding carboxylic acids is 3. The highest BCUT2D eigenvalue weighted by atomic mass is 16.6. The predicted octanol–water partition coefficient (Wildman–Crippen LogP) is 1.48. The molecule has 112 valence electrons. The Labute approximate surface area is 122 Å². The van der Waals surface area contributed by atoms with E-state index in [1.54, 1.807) is 37.3 Å². The molecule has 0 radical (unpaired) electrons. The zero-order chi connectivity index (χ0) is 15.8. The molecule has 0 aliphatic carbocycles. The summed E-state index contributed by atoms with van der Waals surface area (Å²) in [5.74, 6) is -2.04. The Hall–Kier alpha value is -2.63. The van der Waals surface area contributed by atoms with Crippen molar-refractivity contribution in [2.45, 2.75) is 20.0 Å². The minimum absolute atomic E-state index is 0.159. The van der Waals surface area contributed by atoms with E-state index >= 15 is 0 Å². The normalized spacial score (nSPS) is 11.1. The quantitative estimate of drug-likeness (QED) is 0.634. The molecular formula is C15H17NO5. The SMILES string of the molecule is C=C(NC(C)=O)C(=O)O[C@H](C(=O)OCC)c1ccccc1. The highest BCUT2D eigenvalue weighted by molar-refractivity contribution is 5.94. The number of nitrogens with one attached hydrogen (secondary N) is 1. The third-order valence-corrected chi connectivity index (χ3v) is 2.40. The standard InChI is InChI=1S/C15H17NO5/c1-4-20-15(19)13(12-8-6-5-7-9-12)21-14(18)10(2)16-11(3)17/h5-9,13H,2,4H2,1,3H3,(H,16,17)/t13-/m0/s1. The van der Waals surface area contributed by atoms with Gasteiger partial charge in [0.2, 0.25) is 12.0 Å². The number of benzene rings is 1. The van der Waals surface area contributed by atoms with Crippen LogP contribution in [-0.2, 0) is 23.9 Å².